The molecule has 18 heavy (non-hydrogen) atoms. The van der Waals surface area contributed by atoms with Crippen LogP contribution < -0.4 is 0 Å². The average Bonchev–Trinajstić information content (AvgIpc) is 2.29. The monoisotopic (exact) mass is 271 g/mol. The first-order valence-electron chi connectivity index (χ1n) is 5.31. The van der Waals surface area contributed by atoms with E-state index >= 15 is 0 Å². The molecular weight excluding hydrogens is 258 g/mol. The van der Waals surface area contributed by atoms with Gasteiger partial charge in [-0.25, -0.2) is 13.2 Å². The second-order valence-electron chi connectivity index (χ2n) is 3.94. The van der Waals surface area contributed by atoms with E-state index in [0.717, 1.165) is 5.06 Å². The lowest BCUT2D eigenvalue weighted by molar-refractivity contribution is -0.233. The summed E-state index contributed by atoms with van der Waals surface area (Å²) in [6.45, 7) is 0.273. The molecule has 0 bridgehead atoms. The number of sulfone groups is 1. The van der Waals surface area contributed by atoms with E-state index in [1.807, 2.05) is 0 Å². The van der Waals surface area contributed by atoms with Crippen molar-refractivity contribution in [2.24, 2.45) is 0 Å². The van der Waals surface area contributed by atoms with Gasteiger partial charge in [-0.2, -0.15) is 5.06 Å². The highest BCUT2D eigenvalue weighted by Gasteiger charge is 2.63. The van der Waals surface area contributed by atoms with Crippen molar-refractivity contribution in [3.05, 3.63) is 30.3 Å². The number of benzene rings is 1. The van der Waals surface area contributed by atoms with E-state index in [-0.39, 0.29) is 17.9 Å². The maximum atomic E-state index is 12.4. The molecule has 6 nitrogen and oxygen atoms in total. The summed E-state index contributed by atoms with van der Waals surface area (Å²) in [5.41, 5.74) is 0. The van der Waals surface area contributed by atoms with E-state index in [2.05, 4.69) is 0 Å². The minimum Gasteiger partial charge on any atom is -0.479 e. The number of nitrogens with zero attached hydrogens (tertiary/aromatic N) is 1. The predicted molar refractivity (Wildman–Crippen MR) is 62.3 cm³/mol. The molecule has 98 valence electrons. The highest BCUT2D eigenvalue weighted by atomic mass is 32.2. The molecule has 1 aliphatic heterocycles. The van der Waals surface area contributed by atoms with E-state index < -0.39 is 20.7 Å². The summed E-state index contributed by atoms with van der Waals surface area (Å²) in [4.78, 5) is 14.2. The van der Waals surface area contributed by atoms with E-state index in [9.17, 15) is 18.3 Å². The van der Waals surface area contributed by atoms with Crippen LogP contribution in [0.3, 0.4) is 0 Å². The summed E-state index contributed by atoms with van der Waals surface area (Å²) >= 11 is 0. The van der Waals surface area contributed by atoms with Crippen LogP contribution in [-0.4, -0.2) is 43.1 Å². The van der Waals surface area contributed by atoms with Crippen molar-refractivity contribution >= 4 is 15.8 Å². The summed E-state index contributed by atoms with van der Waals surface area (Å²) in [6.07, 6.45) is 0.00734. The van der Waals surface area contributed by atoms with E-state index in [1.54, 1.807) is 18.2 Å². The van der Waals surface area contributed by atoms with Gasteiger partial charge < -0.3 is 9.94 Å². The second-order valence-corrected chi connectivity index (χ2v) is 6.09. The molecule has 1 heterocycles. The Morgan fingerprint density at radius 3 is 2.39 bits per heavy atom. The second kappa shape index (κ2) is 4.34. The number of carboxylic acid groups (broad SMARTS) is 1. The minimum atomic E-state index is -4.02. The predicted octanol–water partition coefficient (Wildman–Crippen LogP) is 0.508. The zero-order chi connectivity index (χ0) is 13.4. The van der Waals surface area contributed by atoms with Gasteiger partial charge in [-0.15, -0.1) is 0 Å². The Hall–Kier alpha value is -1.44. The molecule has 0 aromatic heterocycles. The van der Waals surface area contributed by atoms with Crippen LogP contribution in [0.5, 0.6) is 0 Å². The molecule has 1 aliphatic rings. The molecule has 0 aliphatic carbocycles. The molecule has 7 heteroatoms. The van der Waals surface area contributed by atoms with Crippen molar-refractivity contribution in [1.82, 2.24) is 5.06 Å². The molecule has 0 unspecified atom stereocenters. The van der Waals surface area contributed by atoms with Gasteiger partial charge in [0.1, 0.15) is 0 Å². The van der Waals surface area contributed by atoms with Crippen molar-refractivity contribution in [2.75, 3.05) is 13.7 Å². The smallest absolute Gasteiger partial charge is 0.342 e. The Kier molecular flexibility index (Phi) is 3.14. The van der Waals surface area contributed by atoms with Gasteiger partial charge in [-0.1, -0.05) is 18.2 Å². The van der Waals surface area contributed by atoms with Gasteiger partial charge in [0.15, 0.2) is 0 Å². The average molecular weight is 271 g/mol. The molecule has 0 amide bonds. The Morgan fingerprint density at radius 2 is 2.00 bits per heavy atom. The summed E-state index contributed by atoms with van der Waals surface area (Å²) in [7, 11) is -2.76. The van der Waals surface area contributed by atoms with Crippen molar-refractivity contribution in [3.8, 4) is 0 Å². The fourth-order valence-electron chi connectivity index (χ4n) is 2.04. The molecule has 1 aromatic carbocycles. The lowest BCUT2D eigenvalue weighted by atomic mass is 10.1. The van der Waals surface area contributed by atoms with Crippen LogP contribution in [0.25, 0.3) is 0 Å². The van der Waals surface area contributed by atoms with Gasteiger partial charge in [0, 0.05) is 13.0 Å². The van der Waals surface area contributed by atoms with Gasteiger partial charge >= 0.3 is 5.97 Å². The number of hydroxylamine groups is 2. The van der Waals surface area contributed by atoms with Crippen LogP contribution in [0.2, 0.25) is 0 Å². The van der Waals surface area contributed by atoms with Crippen LogP contribution >= 0.6 is 0 Å². The molecule has 0 saturated carbocycles. The number of hydrogen-bond acceptors (Lipinski definition) is 5. The third-order valence-corrected chi connectivity index (χ3v) is 5.47. The Morgan fingerprint density at radius 1 is 1.39 bits per heavy atom. The fraction of sp³-hybridized carbons (Fsp3) is 0.364. The first kappa shape index (κ1) is 13.0. The lowest BCUT2D eigenvalue weighted by Gasteiger charge is -2.45. The Bertz CT molecular complexity index is 554. The first-order valence-corrected chi connectivity index (χ1v) is 6.80. The molecule has 0 radical (unpaired) electrons. The fourth-order valence-corrected chi connectivity index (χ4v) is 3.97. The lowest BCUT2D eigenvalue weighted by Crippen LogP contribution is -2.68. The zero-order valence-corrected chi connectivity index (χ0v) is 10.6. The van der Waals surface area contributed by atoms with Crippen molar-refractivity contribution < 1.29 is 23.2 Å². The molecule has 2 rings (SSSR count). The zero-order valence-electron chi connectivity index (χ0n) is 9.74. The molecular formula is C11H13NO5S. The molecule has 1 fully saturated rings. The van der Waals surface area contributed by atoms with Crippen LogP contribution in [0.15, 0.2) is 35.2 Å². The first-order chi connectivity index (χ1) is 8.46. The van der Waals surface area contributed by atoms with Crippen LogP contribution in [0.4, 0.5) is 0 Å². The molecule has 1 N–H and O–H groups in total. The van der Waals surface area contributed by atoms with Gasteiger partial charge in [0.25, 0.3) is 0 Å². The topological polar surface area (TPSA) is 83.9 Å². The highest BCUT2D eigenvalue weighted by Crippen LogP contribution is 2.40. The molecule has 0 spiro atoms. The van der Waals surface area contributed by atoms with Crippen molar-refractivity contribution in [3.63, 3.8) is 0 Å². The third-order valence-electron chi connectivity index (χ3n) is 3.11. The molecule has 1 atom stereocenters. The summed E-state index contributed by atoms with van der Waals surface area (Å²) in [5, 5.41) is 10.3. The number of aliphatic carboxylic acids is 1. The summed E-state index contributed by atoms with van der Waals surface area (Å²) in [5.74, 6) is -1.42. The summed E-state index contributed by atoms with van der Waals surface area (Å²) in [6, 6.07) is 7.54. The van der Waals surface area contributed by atoms with Crippen LogP contribution in [-0.2, 0) is 19.5 Å². The number of hydrogen-bond donors (Lipinski definition) is 1. The van der Waals surface area contributed by atoms with Gasteiger partial charge in [-0.3, -0.25) is 0 Å². The quantitative estimate of drug-likeness (QED) is 0.859. The Balaban J connectivity index is 2.55. The third kappa shape index (κ3) is 1.55. The minimum absolute atomic E-state index is 0.00734. The highest BCUT2D eigenvalue weighted by molar-refractivity contribution is 7.93. The van der Waals surface area contributed by atoms with Gasteiger partial charge in [0.05, 0.1) is 12.0 Å². The van der Waals surface area contributed by atoms with E-state index in [0.29, 0.717) is 0 Å². The number of carboxylic acids is 1. The molecule has 1 saturated heterocycles. The maximum Gasteiger partial charge on any atom is 0.342 e. The Labute approximate surface area is 105 Å². The number of carbonyl (C=O) groups is 1. The standard InChI is InChI=1S/C11H13NO5S/c1-17-12-8-7-11(12,10(13)14)18(15,16)9-5-3-2-4-6-9/h2-6H,7-8H2,1H3,(H,13,14)/t11-/m0/s1. The summed E-state index contributed by atoms with van der Waals surface area (Å²) < 4.78 is 24.9. The molecule has 1 aromatic rings. The van der Waals surface area contributed by atoms with Crippen molar-refractivity contribution in [1.29, 1.82) is 0 Å². The van der Waals surface area contributed by atoms with Gasteiger partial charge in [0.2, 0.25) is 14.7 Å². The van der Waals surface area contributed by atoms with Crippen molar-refractivity contribution in [2.45, 2.75) is 16.2 Å². The largest absolute Gasteiger partial charge is 0.479 e. The van der Waals surface area contributed by atoms with Crippen LogP contribution in [0.1, 0.15) is 6.42 Å². The maximum absolute atomic E-state index is 12.4. The SMILES string of the molecule is CON1CC[C@@]1(C(=O)O)S(=O)(=O)c1ccccc1. The number of rotatable bonds is 4. The van der Waals surface area contributed by atoms with E-state index in [4.69, 9.17) is 4.84 Å². The normalized spacial score (nSPS) is 24.5. The van der Waals surface area contributed by atoms with Gasteiger partial charge in [-0.05, 0) is 12.1 Å². The van der Waals surface area contributed by atoms with E-state index in [1.165, 1.54) is 19.2 Å². The van der Waals surface area contributed by atoms with Crippen LogP contribution in [0, 0.1) is 0 Å².